The number of hydrogen-bond donors (Lipinski definition) is 3. The minimum Gasteiger partial charge on any atom is -0.444 e. The summed E-state index contributed by atoms with van der Waals surface area (Å²) in [6, 6.07) is 6.64. The number of nitrogens with one attached hydrogen (secondary N) is 2. The first kappa shape index (κ1) is 17.1. The van der Waals surface area contributed by atoms with Crippen molar-refractivity contribution < 1.29 is 14.3 Å². The van der Waals surface area contributed by atoms with E-state index in [-0.39, 0.29) is 6.03 Å². The summed E-state index contributed by atoms with van der Waals surface area (Å²) in [6.45, 7) is 3.98. The van der Waals surface area contributed by atoms with Crippen LogP contribution in [0.15, 0.2) is 24.3 Å². The van der Waals surface area contributed by atoms with Gasteiger partial charge in [-0.1, -0.05) is 23.7 Å². The van der Waals surface area contributed by atoms with E-state index in [0.717, 1.165) is 0 Å². The zero-order valence-electron chi connectivity index (χ0n) is 12.1. The van der Waals surface area contributed by atoms with E-state index in [1.807, 2.05) is 0 Å². The van der Waals surface area contributed by atoms with Crippen molar-refractivity contribution in [2.24, 2.45) is 5.73 Å². The molecule has 0 bridgehead atoms. The maximum Gasteiger partial charge on any atom is 0.405 e. The summed E-state index contributed by atoms with van der Waals surface area (Å²) in [5.74, 6) is 0. The minimum atomic E-state index is -0.801. The Balaban J connectivity index is 2.28. The topological polar surface area (TPSA) is 93.4 Å². The first-order chi connectivity index (χ1) is 9.80. The number of ether oxygens (including phenoxy) is 1. The highest BCUT2D eigenvalue weighted by Crippen LogP contribution is 2.20. The molecule has 4 N–H and O–H groups in total. The zero-order chi connectivity index (χ0) is 15.9. The molecule has 0 spiro atoms. The van der Waals surface area contributed by atoms with Crippen molar-refractivity contribution in [3.05, 3.63) is 29.3 Å². The van der Waals surface area contributed by atoms with Crippen LogP contribution < -0.4 is 16.4 Å². The van der Waals surface area contributed by atoms with Gasteiger partial charge >= 0.3 is 12.1 Å². The normalized spacial score (nSPS) is 10.8. The predicted molar refractivity (Wildman–Crippen MR) is 82.5 cm³/mol. The Hall–Kier alpha value is -1.95. The van der Waals surface area contributed by atoms with Gasteiger partial charge in [0.25, 0.3) is 0 Å². The molecule has 0 radical (unpaired) electrons. The number of rotatable bonds is 6. The van der Waals surface area contributed by atoms with Gasteiger partial charge in [0.2, 0.25) is 0 Å². The Bertz CT molecular complexity index is 506. The minimum absolute atomic E-state index is 0.336. The summed E-state index contributed by atoms with van der Waals surface area (Å²) in [6.07, 6.45) is 0.433. The van der Waals surface area contributed by atoms with Crippen molar-refractivity contribution in [1.29, 1.82) is 0 Å². The lowest BCUT2D eigenvalue weighted by atomic mass is 10.0. The summed E-state index contributed by atoms with van der Waals surface area (Å²) in [5.41, 5.74) is 4.88. The highest BCUT2D eigenvalue weighted by molar-refractivity contribution is 6.33. The third kappa shape index (κ3) is 6.85. The number of amides is 3. The second-order valence-electron chi connectivity index (χ2n) is 5.15. The number of anilines is 1. The van der Waals surface area contributed by atoms with Crippen molar-refractivity contribution >= 4 is 29.4 Å². The van der Waals surface area contributed by atoms with Crippen LogP contribution in [0.5, 0.6) is 0 Å². The largest absolute Gasteiger partial charge is 0.444 e. The molecule has 0 atom stereocenters. The van der Waals surface area contributed by atoms with E-state index in [1.54, 1.807) is 38.1 Å². The van der Waals surface area contributed by atoms with E-state index in [0.29, 0.717) is 30.1 Å². The van der Waals surface area contributed by atoms with Crippen LogP contribution in [0.4, 0.5) is 15.3 Å². The van der Waals surface area contributed by atoms with Crippen LogP contribution in [0.3, 0.4) is 0 Å². The summed E-state index contributed by atoms with van der Waals surface area (Å²) >= 11 is 5.94. The van der Waals surface area contributed by atoms with Crippen LogP contribution in [0.25, 0.3) is 0 Å². The summed E-state index contributed by atoms with van der Waals surface area (Å²) < 4.78 is 4.95. The lowest BCUT2D eigenvalue weighted by Gasteiger charge is -2.23. The van der Waals surface area contributed by atoms with Gasteiger partial charge in [-0.2, -0.15) is 0 Å². The maximum absolute atomic E-state index is 11.7. The van der Waals surface area contributed by atoms with Crippen LogP contribution in [-0.2, 0) is 4.74 Å². The zero-order valence-corrected chi connectivity index (χ0v) is 12.9. The third-order valence-corrected chi connectivity index (χ3v) is 3.07. The van der Waals surface area contributed by atoms with E-state index < -0.39 is 11.7 Å². The molecular formula is C14H20ClN3O3. The van der Waals surface area contributed by atoms with Gasteiger partial charge in [0.05, 0.1) is 10.7 Å². The second-order valence-corrected chi connectivity index (χ2v) is 5.55. The molecule has 1 aromatic carbocycles. The fraction of sp³-hybridized carbons (Fsp3) is 0.429. The standard InChI is InChI=1S/C14H20ClN3O3/c1-14(2,21-12(16)19)8-5-9-17-13(20)18-11-7-4-3-6-10(11)15/h3-4,6-7H,5,8-9H2,1-2H3,(H2,16,19)(H2,17,18,20). The molecule has 21 heavy (non-hydrogen) atoms. The van der Waals surface area contributed by atoms with Crippen LogP contribution >= 0.6 is 11.6 Å². The number of para-hydroxylation sites is 1. The quantitative estimate of drug-likeness (QED) is 0.704. The maximum atomic E-state index is 11.7. The van der Waals surface area contributed by atoms with E-state index >= 15 is 0 Å². The number of halogens is 1. The number of carbonyl (C=O) groups is 2. The highest BCUT2D eigenvalue weighted by Gasteiger charge is 2.20. The predicted octanol–water partition coefficient (Wildman–Crippen LogP) is 3.12. The molecule has 0 unspecified atom stereocenters. The third-order valence-electron chi connectivity index (χ3n) is 2.74. The van der Waals surface area contributed by atoms with Crippen LogP contribution in [-0.4, -0.2) is 24.3 Å². The monoisotopic (exact) mass is 313 g/mol. The lowest BCUT2D eigenvalue weighted by Crippen LogP contribution is -2.34. The van der Waals surface area contributed by atoms with Gasteiger partial charge in [-0.25, -0.2) is 9.59 Å². The first-order valence-corrected chi connectivity index (χ1v) is 6.96. The molecule has 1 aromatic rings. The Kier molecular flexibility index (Phi) is 6.30. The molecule has 0 aliphatic carbocycles. The number of urea groups is 1. The van der Waals surface area contributed by atoms with Gasteiger partial charge in [0, 0.05) is 6.54 Å². The fourth-order valence-electron chi connectivity index (χ4n) is 1.77. The molecule has 0 aliphatic heterocycles. The SMILES string of the molecule is CC(C)(CCCNC(=O)Nc1ccccc1Cl)OC(N)=O. The number of benzene rings is 1. The summed E-state index contributed by atoms with van der Waals surface area (Å²) in [4.78, 5) is 22.4. The highest BCUT2D eigenvalue weighted by atomic mass is 35.5. The summed E-state index contributed by atoms with van der Waals surface area (Å²) in [5, 5.41) is 5.83. The van der Waals surface area contributed by atoms with Crippen LogP contribution in [0.1, 0.15) is 26.7 Å². The first-order valence-electron chi connectivity index (χ1n) is 6.58. The van der Waals surface area contributed by atoms with Gasteiger partial charge in [0.15, 0.2) is 0 Å². The van der Waals surface area contributed by atoms with Gasteiger partial charge in [-0.3, -0.25) is 0 Å². The van der Waals surface area contributed by atoms with Gasteiger partial charge in [-0.05, 0) is 38.8 Å². The molecule has 0 heterocycles. The molecule has 6 nitrogen and oxygen atoms in total. The Labute approximate surface area is 129 Å². The second kappa shape index (κ2) is 7.73. The Morgan fingerprint density at radius 1 is 1.33 bits per heavy atom. The number of nitrogens with two attached hydrogens (primary N) is 1. The van der Waals surface area contributed by atoms with Gasteiger partial charge < -0.3 is 21.1 Å². The molecule has 0 saturated carbocycles. The average molecular weight is 314 g/mol. The lowest BCUT2D eigenvalue weighted by molar-refractivity contribution is 0.0378. The number of carbonyl (C=O) groups excluding carboxylic acids is 2. The van der Waals surface area contributed by atoms with Crippen molar-refractivity contribution in [3.8, 4) is 0 Å². The average Bonchev–Trinajstić information content (AvgIpc) is 2.36. The molecule has 0 fully saturated rings. The van der Waals surface area contributed by atoms with E-state index in [9.17, 15) is 9.59 Å². The van der Waals surface area contributed by atoms with Crippen molar-refractivity contribution in [2.75, 3.05) is 11.9 Å². The van der Waals surface area contributed by atoms with Gasteiger partial charge in [0.1, 0.15) is 5.60 Å². The fourth-order valence-corrected chi connectivity index (χ4v) is 1.95. The molecule has 0 aliphatic rings. The van der Waals surface area contributed by atoms with E-state index in [1.165, 1.54) is 0 Å². The Morgan fingerprint density at radius 2 is 2.00 bits per heavy atom. The summed E-state index contributed by atoms with van der Waals surface area (Å²) in [7, 11) is 0. The molecule has 0 aromatic heterocycles. The Morgan fingerprint density at radius 3 is 2.62 bits per heavy atom. The molecule has 7 heteroatoms. The van der Waals surface area contributed by atoms with Crippen molar-refractivity contribution in [3.63, 3.8) is 0 Å². The van der Waals surface area contributed by atoms with E-state index in [4.69, 9.17) is 22.1 Å². The van der Waals surface area contributed by atoms with Crippen molar-refractivity contribution in [1.82, 2.24) is 5.32 Å². The molecule has 116 valence electrons. The molecule has 3 amide bonds. The number of primary amides is 1. The molecular weight excluding hydrogens is 294 g/mol. The number of hydrogen-bond acceptors (Lipinski definition) is 3. The van der Waals surface area contributed by atoms with Crippen LogP contribution in [0, 0.1) is 0 Å². The molecule has 1 rings (SSSR count). The van der Waals surface area contributed by atoms with Gasteiger partial charge in [-0.15, -0.1) is 0 Å². The van der Waals surface area contributed by atoms with E-state index in [2.05, 4.69) is 10.6 Å². The van der Waals surface area contributed by atoms with Crippen LogP contribution in [0.2, 0.25) is 5.02 Å². The smallest absolute Gasteiger partial charge is 0.405 e. The van der Waals surface area contributed by atoms with Crippen molar-refractivity contribution in [2.45, 2.75) is 32.3 Å². The molecule has 0 saturated heterocycles.